The van der Waals surface area contributed by atoms with Crippen molar-refractivity contribution in [1.29, 1.82) is 5.26 Å². The van der Waals surface area contributed by atoms with Crippen LogP contribution in [0.2, 0.25) is 5.02 Å². The van der Waals surface area contributed by atoms with Gasteiger partial charge in [-0.05, 0) is 38.5 Å². The van der Waals surface area contributed by atoms with Crippen LogP contribution in [0, 0.1) is 11.3 Å². The van der Waals surface area contributed by atoms with Gasteiger partial charge in [0.2, 0.25) is 0 Å². The molecule has 0 bridgehead atoms. The van der Waals surface area contributed by atoms with Gasteiger partial charge in [-0.15, -0.1) is 0 Å². The second-order valence-corrected chi connectivity index (χ2v) is 4.58. The number of nitrogens with zero attached hydrogens (tertiary/aromatic N) is 1. The molecule has 80 valence electrons. The molecule has 0 amide bonds. The molecule has 0 aliphatic carbocycles. The van der Waals surface area contributed by atoms with Crippen molar-refractivity contribution < 1.29 is 0 Å². The lowest BCUT2D eigenvalue weighted by atomic mass is 10.0. The number of benzene rings is 1. The Balaban J connectivity index is 2.90. The molecule has 3 heteroatoms. The summed E-state index contributed by atoms with van der Waals surface area (Å²) in [6.45, 7) is 6.37. The minimum absolute atomic E-state index is 0.0392. The molecule has 0 spiro atoms. The molecule has 0 radical (unpaired) electrons. The van der Waals surface area contributed by atoms with Gasteiger partial charge >= 0.3 is 0 Å². The summed E-state index contributed by atoms with van der Waals surface area (Å²) in [7, 11) is 0. The molecule has 1 aromatic rings. The van der Waals surface area contributed by atoms with E-state index in [-0.39, 0.29) is 5.54 Å². The lowest BCUT2D eigenvalue weighted by Gasteiger charge is -2.26. The van der Waals surface area contributed by atoms with Crippen LogP contribution in [0.4, 0.5) is 5.69 Å². The summed E-state index contributed by atoms with van der Waals surface area (Å²) in [5.74, 6) is 0. The highest BCUT2D eigenvalue weighted by Gasteiger charge is 2.14. The maximum atomic E-state index is 8.73. The van der Waals surface area contributed by atoms with E-state index in [0.29, 0.717) is 10.6 Å². The molecule has 1 rings (SSSR count). The molecule has 0 saturated carbocycles. The first-order valence-corrected chi connectivity index (χ1v) is 5.34. The highest BCUT2D eigenvalue weighted by molar-refractivity contribution is 6.32. The normalized spacial score (nSPS) is 10.9. The minimum atomic E-state index is 0.0392. The lowest BCUT2D eigenvalue weighted by molar-refractivity contribution is 0.547. The fourth-order valence-corrected chi connectivity index (χ4v) is 1.39. The molecule has 0 saturated heterocycles. The number of hydrogen-bond acceptors (Lipinski definition) is 2. The smallest absolute Gasteiger partial charge is 0.101 e. The first kappa shape index (κ1) is 11.9. The van der Waals surface area contributed by atoms with Crippen molar-refractivity contribution in [1.82, 2.24) is 0 Å². The van der Waals surface area contributed by atoms with E-state index in [0.717, 1.165) is 12.1 Å². The zero-order chi connectivity index (χ0) is 11.5. The van der Waals surface area contributed by atoms with E-state index in [1.54, 1.807) is 12.1 Å². The van der Waals surface area contributed by atoms with Gasteiger partial charge in [0.05, 0.1) is 10.6 Å². The summed E-state index contributed by atoms with van der Waals surface area (Å²) in [5, 5.41) is 12.6. The number of halogens is 1. The summed E-state index contributed by atoms with van der Waals surface area (Å²) in [4.78, 5) is 0. The molecule has 0 atom stereocenters. The van der Waals surface area contributed by atoms with Crippen LogP contribution in [0.15, 0.2) is 18.2 Å². The maximum absolute atomic E-state index is 8.73. The van der Waals surface area contributed by atoms with Gasteiger partial charge in [-0.3, -0.25) is 0 Å². The van der Waals surface area contributed by atoms with Crippen LogP contribution >= 0.6 is 11.6 Å². The highest BCUT2D eigenvalue weighted by atomic mass is 35.5. The van der Waals surface area contributed by atoms with E-state index in [1.165, 1.54) is 0 Å². The summed E-state index contributed by atoms with van der Waals surface area (Å²) >= 11 is 5.94. The summed E-state index contributed by atoms with van der Waals surface area (Å²) in [5.41, 5.74) is 1.50. The van der Waals surface area contributed by atoms with Crippen molar-refractivity contribution in [3.05, 3.63) is 28.8 Å². The second-order valence-electron chi connectivity index (χ2n) is 4.17. The Bertz CT molecular complexity index is 391. The Morgan fingerprint density at radius 3 is 2.60 bits per heavy atom. The largest absolute Gasteiger partial charge is 0.380 e. The highest BCUT2D eigenvalue weighted by Crippen LogP contribution is 2.23. The van der Waals surface area contributed by atoms with Gasteiger partial charge in [0.15, 0.2) is 0 Å². The molecular formula is C12H15ClN2. The topological polar surface area (TPSA) is 35.8 Å². The molecule has 0 aliphatic heterocycles. The summed E-state index contributed by atoms with van der Waals surface area (Å²) in [6.07, 6.45) is 1.02. The van der Waals surface area contributed by atoms with Gasteiger partial charge in [-0.1, -0.05) is 18.5 Å². The van der Waals surface area contributed by atoms with Gasteiger partial charge in [-0.2, -0.15) is 5.26 Å². The third-order valence-electron chi connectivity index (χ3n) is 2.46. The molecule has 15 heavy (non-hydrogen) atoms. The van der Waals surface area contributed by atoms with Crippen molar-refractivity contribution in [2.75, 3.05) is 5.32 Å². The third kappa shape index (κ3) is 3.14. The molecule has 1 N–H and O–H groups in total. The maximum Gasteiger partial charge on any atom is 0.101 e. The van der Waals surface area contributed by atoms with E-state index in [9.17, 15) is 0 Å². The average Bonchev–Trinajstić information content (AvgIpc) is 2.17. The van der Waals surface area contributed by atoms with Crippen LogP contribution in [0.1, 0.15) is 32.8 Å². The van der Waals surface area contributed by atoms with Gasteiger partial charge in [0, 0.05) is 11.2 Å². The molecule has 1 aromatic carbocycles. The monoisotopic (exact) mass is 222 g/mol. The SMILES string of the molecule is CCC(C)(C)Nc1ccc(C#N)c(Cl)c1. The molecule has 0 heterocycles. The van der Waals surface area contributed by atoms with Crippen LogP contribution < -0.4 is 5.32 Å². The van der Waals surface area contributed by atoms with Crippen LogP contribution in [-0.2, 0) is 0 Å². The van der Waals surface area contributed by atoms with E-state index in [4.69, 9.17) is 16.9 Å². The third-order valence-corrected chi connectivity index (χ3v) is 2.77. The molecule has 2 nitrogen and oxygen atoms in total. The average molecular weight is 223 g/mol. The molecule has 0 fully saturated rings. The summed E-state index contributed by atoms with van der Waals surface area (Å²) < 4.78 is 0. The Morgan fingerprint density at radius 1 is 1.47 bits per heavy atom. The standard InChI is InChI=1S/C12H15ClN2/c1-4-12(2,3)15-10-6-5-9(8-14)11(13)7-10/h5-7,15H,4H2,1-3H3. The van der Waals surface area contributed by atoms with E-state index in [2.05, 4.69) is 26.1 Å². The van der Waals surface area contributed by atoms with E-state index < -0.39 is 0 Å². The van der Waals surface area contributed by atoms with Crippen molar-refractivity contribution in [2.24, 2.45) is 0 Å². The molecule has 0 aliphatic rings. The molecule has 0 unspecified atom stereocenters. The van der Waals surface area contributed by atoms with Crippen molar-refractivity contribution in [3.8, 4) is 6.07 Å². The number of nitrogens with one attached hydrogen (secondary N) is 1. The van der Waals surface area contributed by atoms with Gasteiger partial charge < -0.3 is 5.32 Å². The van der Waals surface area contributed by atoms with Crippen molar-refractivity contribution in [2.45, 2.75) is 32.7 Å². The molecular weight excluding hydrogens is 208 g/mol. The molecule has 0 aromatic heterocycles. The fraction of sp³-hybridized carbons (Fsp3) is 0.417. The number of rotatable bonds is 3. The van der Waals surface area contributed by atoms with Crippen molar-refractivity contribution in [3.63, 3.8) is 0 Å². The Kier molecular flexibility index (Phi) is 3.60. The second kappa shape index (κ2) is 4.55. The van der Waals surface area contributed by atoms with Gasteiger partial charge in [-0.25, -0.2) is 0 Å². The van der Waals surface area contributed by atoms with Crippen LogP contribution in [0.3, 0.4) is 0 Å². The summed E-state index contributed by atoms with van der Waals surface area (Å²) in [6, 6.07) is 7.44. The van der Waals surface area contributed by atoms with E-state index in [1.807, 2.05) is 12.1 Å². The zero-order valence-corrected chi connectivity index (χ0v) is 10.0. The lowest BCUT2D eigenvalue weighted by Crippen LogP contribution is -2.29. The zero-order valence-electron chi connectivity index (χ0n) is 9.26. The first-order chi connectivity index (χ1) is 6.98. The predicted octanol–water partition coefficient (Wildman–Crippen LogP) is 3.81. The van der Waals surface area contributed by atoms with Crippen LogP contribution in [-0.4, -0.2) is 5.54 Å². The van der Waals surface area contributed by atoms with Gasteiger partial charge in [0.25, 0.3) is 0 Å². The number of nitriles is 1. The van der Waals surface area contributed by atoms with Crippen molar-refractivity contribution >= 4 is 17.3 Å². The quantitative estimate of drug-likeness (QED) is 0.844. The minimum Gasteiger partial charge on any atom is -0.380 e. The number of hydrogen-bond donors (Lipinski definition) is 1. The fourth-order valence-electron chi connectivity index (χ4n) is 1.16. The van der Waals surface area contributed by atoms with E-state index >= 15 is 0 Å². The first-order valence-electron chi connectivity index (χ1n) is 4.96. The van der Waals surface area contributed by atoms with Gasteiger partial charge in [0.1, 0.15) is 6.07 Å². The Hall–Kier alpha value is -1.20. The van der Waals surface area contributed by atoms with Crippen LogP contribution in [0.5, 0.6) is 0 Å². The number of anilines is 1. The van der Waals surface area contributed by atoms with Crippen LogP contribution in [0.25, 0.3) is 0 Å². The Labute approximate surface area is 95.9 Å². The predicted molar refractivity (Wildman–Crippen MR) is 64.2 cm³/mol. The Morgan fingerprint density at radius 2 is 2.13 bits per heavy atom.